The molecule has 1 aromatic rings. The van der Waals surface area contributed by atoms with Crippen LogP contribution >= 0.6 is 0 Å². The Labute approximate surface area is 119 Å². The summed E-state index contributed by atoms with van der Waals surface area (Å²) in [5, 5.41) is 12.8. The molecule has 2 aliphatic rings. The third-order valence-corrected chi connectivity index (χ3v) is 4.82. The highest BCUT2D eigenvalue weighted by molar-refractivity contribution is 5.96. The summed E-state index contributed by atoms with van der Waals surface area (Å²) in [5.74, 6) is -0.103. The summed E-state index contributed by atoms with van der Waals surface area (Å²) in [6, 6.07) is 8.14. The molecule has 0 saturated carbocycles. The van der Waals surface area contributed by atoms with E-state index in [9.17, 15) is 9.90 Å². The minimum Gasteiger partial charge on any atom is -0.507 e. The van der Waals surface area contributed by atoms with Gasteiger partial charge in [0.1, 0.15) is 5.75 Å². The summed E-state index contributed by atoms with van der Waals surface area (Å²) in [7, 11) is 2.20. The zero-order chi connectivity index (χ0) is 14.1. The molecular weight excluding hydrogens is 252 g/mol. The monoisotopic (exact) mass is 274 g/mol. The third kappa shape index (κ3) is 2.52. The second kappa shape index (κ2) is 5.44. The Morgan fingerprint density at radius 3 is 2.55 bits per heavy atom. The maximum absolute atomic E-state index is 12.3. The number of phenols is 1. The van der Waals surface area contributed by atoms with Gasteiger partial charge in [0.25, 0.3) is 5.91 Å². The van der Waals surface area contributed by atoms with E-state index in [1.165, 1.54) is 19.3 Å². The van der Waals surface area contributed by atoms with Crippen LogP contribution in [0.3, 0.4) is 0 Å². The standard InChI is InChI=1S/C16H22N2O2/c1-18-12-5-4-6-13(18)10-11(9-12)17-16(20)14-7-2-3-8-15(14)19/h2-3,7-8,11-13,19H,4-6,9-10H2,1H3,(H,17,20). The van der Waals surface area contributed by atoms with Crippen LogP contribution in [0.2, 0.25) is 0 Å². The summed E-state index contributed by atoms with van der Waals surface area (Å²) in [4.78, 5) is 14.7. The van der Waals surface area contributed by atoms with Crippen LogP contribution in [0.1, 0.15) is 42.5 Å². The maximum atomic E-state index is 12.3. The molecule has 2 fully saturated rings. The average molecular weight is 274 g/mol. The number of nitrogens with zero attached hydrogens (tertiary/aromatic N) is 1. The van der Waals surface area contributed by atoms with E-state index < -0.39 is 0 Å². The number of benzene rings is 1. The molecule has 2 saturated heterocycles. The van der Waals surface area contributed by atoms with E-state index in [4.69, 9.17) is 0 Å². The lowest BCUT2D eigenvalue weighted by Gasteiger charge is -2.47. The van der Waals surface area contributed by atoms with Crippen molar-refractivity contribution in [2.24, 2.45) is 0 Å². The number of para-hydroxylation sites is 1. The van der Waals surface area contributed by atoms with Crippen LogP contribution in [0.4, 0.5) is 0 Å². The number of amides is 1. The van der Waals surface area contributed by atoms with E-state index in [0.29, 0.717) is 17.6 Å². The molecular formula is C16H22N2O2. The molecule has 1 aromatic carbocycles. The Hall–Kier alpha value is -1.55. The van der Waals surface area contributed by atoms with Crippen molar-refractivity contribution in [3.05, 3.63) is 29.8 Å². The zero-order valence-electron chi connectivity index (χ0n) is 11.9. The fourth-order valence-corrected chi connectivity index (χ4v) is 3.66. The van der Waals surface area contributed by atoms with Crippen LogP contribution < -0.4 is 5.32 Å². The number of piperidine rings is 2. The van der Waals surface area contributed by atoms with Gasteiger partial charge in [-0.25, -0.2) is 0 Å². The molecule has 0 spiro atoms. The molecule has 2 atom stereocenters. The predicted molar refractivity (Wildman–Crippen MR) is 77.8 cm³/mol. The number of carbonyl (C=O) groups is 1. The van der Waals surface area contributed by atoms with Crippen LogP contribution in [-0.4, -0.2) is 41.1 Å². The molecule has 2 N–H and O–H groups in total. The Bertz CT molecular complexity index is 489. The second-order valence-electron chi connectivity index (χ2n) is 6.06. The van der Waals surface area contributed by atoms with E-state index in [1.54, 1.807) is 24.3 Å². The van der Waals surface area contributed by atoms with Gasteiger partial charge >= 0.3 is 0 Å². The molecule has 20 heavy (non-hydrogen) atoms. The predicted octanol–water partition coefficient (Wildman–Crippen LogP) is 2.14. The van der Waals surface area contributed by atoms with Crippen LogP contribution in [0.25, 0.3) is 0 Å². The van der Waals surface area contributed by atoms with Crippen molar-refractivity contribution in [1.29, 1.82) is 0 Å². The molecule has 4 heteroatoms. The van der Waals surface area contributed by atoms with Crippen LogP contribution in [0.5, 0.6) is 5.75 Å². The maximum Gasteiger partial charge on any atom is 0.255 e. The zero-order valence-corrected chi connectivity index (χ0v) is 11.9. The Kier molecular flexibility index (Phi) is 3.66. The number of carbonyl (C=O) groups excluding carboxylic acids is 1. The normalized spacial score (nSPS) is 29.9. The first-order valence-electron chi connectivity index (χ1n) is 7.46. The van der Waals surface area contributed by atoms with Gasteiger partial charge in [0.15, 0.2) is 0 Å². The SMILES string of the molecule is CN1C2CCCC1CC(NC(=O)c1ccccc1O)C2. The minimum atomic E-state index is -0.157. The lowest BCUT2D eigenvalue weighted by molar-refractivity contribution is 0.0462. The molecule has 108 valence electrons. The molecule has 2 bridgehead atoms. The van der Waals surface area contributed by atoms with Gasteiger partial charge in [-0.15, -0.1) is 0 Å². The Balaban J connectivity index is 1.67. The van der Waals surface area contributed by atoms with Crippen molar-refractivity contribution in [1.82, 2.24) is 10.2 Å². The summed E-state index contributed by atoms with van der Waals surface area (Å²) in [6.45, 7) is 0. The fraction of sp³-hybridized carbons (Fsp3) is 0.562. The van der Waals surface area contributed by atoms with Gasteiger partial charge in [-0.3, -0.25) is 4.79 Å². The smallest absolute Gasteiger partial charge is 0.255 e. The fourth-order valence-electron chi connectivity index (χ4n) is 3.66. The van der Waals surface area contributed by atoms with E-state index in [1.807, 2.05) is 0 Å². The van der Waals surface area contributed by atoms with Crippen LogP contribution in [0.15, 0.2) is 24.3 Å². The first kappa shape index (κ1) is 13.4. The van der Waals surface area contributed by atoms with Crippen molar-refractivity contribution >= 4 is 5.91 Å². The Morgan fingerprint density at radius 2 is 1.90 bits per heavy atom. The van der Waals surface area contributed by atoms with E-state index in [0.717, 1.165) is 12.8 Å². The minimum absolute atomic E-state index is 0.0538. The molecule has 4 nitrogen and oxygen atoms in total. The quantitative estimate of drug-likeness (QED) is 0.868. The van der Waals surface area contributed by atoms with E-state index in [-0.39, 0.29) is 17.7 Å². The number of fused-ring (bicyclic) bond motifs is 2. The average Bonchev–Trinajstić information content (AvgIpc) is 2.40. The second-order valence-corrected chi connectivity index (χ2v) is 6.06. The van der Waals surface area contributed by atoms with Gasteiger partial charge in [0.05, 0.1) is 5.56 Å². The lowest BCUT2D eigenvalue weighted by atomic mass is 9.82. The Morgan fingerprint density at radius 1 is 1.25 bits per heavy atom. The van der Waals surface area contributed by atoms with Gasteiger partial charge in [-0.2, -0.15) is 0 Å². The number of hydrogen-bond acceptors (Lipinski definition) is 3. The lowest BCUT2D eigenvalue weighted by Crippen LogP contribution is -2.55. The van der Waals surface area contributed by atoms with Gasteiger partial charge in [-0.1, -0.05) is 18.6 Å². The highest BCUT2D eigenvalue weighted by Gasteiger charge is 2.36. The summed E-state index contributed by atoms with van der Waals surface area (Å²) >= 11 is 0. The number of nitrogens with one attached hydrogen (secondary N) is 1. The van der Waals surface area contributed by atoms with Crippen LogP contribution in [0, 0.1) is 0 Å². The summed E-state index contributed by atoms with van der Waals surface area (Å²) < 4.78 is 0. The summed E-state index contributed by atoms with van der Waals surface area (Å²) in [5.41, 5.74) is 0.372. The van der Waals surface area contributed by atoms with Gasteiger partial charge in [0.2, 0.25) is 0 Å². The summed E-state index contributed by atoms with van der Waals surface area (Å²) in [6.07, 6.45) is 5.81. The van der Waals surface area contributed by atoms with Crippen molar-refractivity contribution in [3.8, 4) is 5.75 Å². The molecule has 0 aliphatic carbocycles. The molecule has 0 radical (unpaired) electrons. The number of phenolic OH excluding ortho intramolecular Hbond substituents is 1. The highest BCUT2D eigenvalue weighted by atomic mass is 16.3. The molecule has 2 aliphatic heterocycles. The first-order valence-corrected chi connectivity index (χ1v) is 7.46. The van der Waals surface area contributed by atoms with Crippen molar-refractivity contribution in [2.75, 3.05) is 7.05 Å². The van der Waals surface area contributed by atoms with Crippen molar-refractivity contribution in [3.63, 3.8) is 0 Å². The molecule has 3 rings (SSSR count). The van der Waals surface area contributed by atoms with E-state index in [2.05, 4.69) is 17.3 Å². The first-order chi connectivity index (χ1) is 9.65. The molecule has 1 amide bonds. The number of hydrogen-bond donors (Lipinski definition) is 2. The molecule has 0 aromatic heterocycles. The van der Waals surface area contributed by atoms with Crippen LogP contribution in [-0.2, 0) is 0 Å². The van der Waals surface area contributed by atoms with Gasteiger partial charge in [-0.05, 0) is 44.9 Å². The highest BCUT2D eigenvalue weighted by Crippen LogP contribution is 2.32. The van der Waals surface area contributed by atoms with Gasteiger partial charge < -0.3 is 15.3 Å². The topological polar surface area (TPSA) is 52.6 Å². The molecule has 2 heterocycles. The van der Waals surface area contributed by atoms with Gasteiger partial charge in [0, 0.05) is 18.1 Å². The van der Waals surface area contributed by atoms with Crippen molar-refractivity contribution < 1.29 is 9.90 Å². The molecule has 2 unspecified atom stereocenters. The third-order valence-electron chi connectivity index (χ3n) is 4.82. The van der Waals surface area contributed by atoms with Crippen molar-refractivity contribution in [2.45, 2.75) is 50.2 Å². The number of rotatable bonds is 2. The largest absolute Gasteiger partial charge is 0.507 e. The number of aromatic hydroxyl groups is 1. The van der Waals surface area contributed by atoms with E-state index >= 15 is 0 Å².